The van der Waals surface area contributed by atoms with Crippen LogP contribution >= 0.6 is 0 Å². The predicted octanol–water partition coefficient (Wildman–Crippen LogP) is 3.01. The standard InChI is InChI=1S/C11H19N/c1-9(2)5-6-11(7-8-12)10(3)4/h5-8,10H,12H2,1-4H3/b8-7-,11-6+. The van der Waals surface area contributed by atoms with Gasteiger partial charge in [0.15, 0.2) is 0 Å². The van der Waals surface area contributed by atoms with E-state index in [0.29, 0.717) is 5.92 Å². The third-order valence-electron chi connectivity index (χ3n) is 1.56. The Morgan fingerprint density at radius 3 is 2.08 bits per heavy atom. The van der Waals surface area contributed by atoms with Crippen molar-refractivity contribution in [3.8, 4) is 0 Å². The van der Waals surface area contributed by atoms with Crippen molar-refractivity contribution < 1.29 is 0 Å². The highest BCUT2D eigenvalue weighted by molar-refractivity contribution is 5.26. The second kappa shape index (κ2) is 5.64. The zero-order chi connectivity index (χ0) is 9.56. The number of rotatable bonds is 3. The third-order valence-corrected chi connectivity index (χ3v) is 1.56. The lowest BCUT2D eigenvalue weighted by molar-refractivity contribution is 0.791. The van der Waals surface area contributed by atoms with Gasteiger partial charge in [0.2, 0.25) is 0 Å². The summed E-state index contributed by atoms with van der Waals surface area (Å²) in [5.74, 6) is 0.528. The van der Waals surface area contributed by atoms with Crippen molar-refractivity contribution in [3.05, 3.63) is 35.6 Å². The van der Waals surface area contributed by atoms with Crippen molar-refractivity contribution in [2.45, 2.75) is 27.7 Å². The van der Waals surface area contributed by atoms with Crippen LogP contribution in [0, 0.1) is 5.92 Å². The average Bonchev–Trinajstić information content (AvgIpc) is 1.96. The van der Waals surface area contributed by atoms with E-state index in [-0.39, 0.29) is 0 Å². The van der Waals surface area contributed by atoms with Crippen LogP contribution in [0.4, 0.5) is 0 Å². The molecule has 0 fully saturated rings. The number of allylic oxidation sites excluding steroid dienone is 5. The van der Waals surface area contributed by atoms with Crippen LogP contribution in [-0.4, -0.2) is 0 Å². The van der Waals surface area contributed by atoms with Crippen LogP contribution in [0.15, 0.2) is 35.6 Å². The lowest BCUT2D eigenvalue weighted by atomic mass is 10.0. The van der Waals surface area contributed by atoms with E-state index in [1.54, 1.807) is 6.20 Å². The zero-order valence-corrected chi connectivity index (χ0v) is 8.46. The molecular weight excluding hydrogens is 146 g/mol. The van der Waals surface area contributed by atoms with Gasteiger partial charge in [-0.3, -0.25) is 0 Å². The summed E-state index contributed by atoms with van der Waals surface area (Å²) in [5, 5.41) is 0. The van der Waals surface area contributed by atoms with Crippen molar-refractivity contribution in [1.29, 1.82) is 0 Å². The molecule has 0 aliphatic carbocycles. The van der Waals surface area contributed by atoms with Gasteiger partial charge in [-0.15, -0.1) is 0 Å². The molecule has 0 spiro atoms. The molecule has 0 bridgehead atoms. The van der Waals surface area contributed by atoms with Crippen molar-refractivity contribution in [2.24, 2.45) is 11.7 Å². The first-order valence-electron chi connectivity index (χ1n) is 4.31. The Morgan fingerprint density at radius 1 is 1.17 bits per heavy atom. The number of nitrogens with two attached hydrogens (primary N) is 1. The van der Waals surface area contributed by atoms with E-state index in [2.05, 4.69) is 39.8 Å². The van der Waals surface area contributed by atoms with Crippen LogP contribution in [0.1, 0.15) is 27.7 Å². The quantitative estimate of drug-likeness (QED) is 0.639. The van der Waals surface area contributed by atoms with Gasteiger partial charge in [-0.2, -0.15) is 0 Å². The highest BCUT2D eigenvalue weighted by Crippen LogP contribution is 2.11. The average molecular weight is 165 g/mol. The lowest BCUT2D eigenvalue weighted by Crippen LogP contribution is -1.91. The maximum absolute atomic E-state index is 5.33. The lowest BCUT2D eigenvalue weighted by Gasteiger charge is -2.04. The first-order chi connectivity index (χ1) is 5.57. The van der Waals surface area contributed by atoms with Crippen LogP contribution in [0.2, 0.25) is 0 Å². The van der Waals surface area contributed by atoms with Crippen LogP contribution in [0.25, 0.3) is 0 Å². The molecule has 0 aliphatic heterocycles. The Hall–Kier alpha value is -0.980. The molecule has 0 aromatic carbocycles. The van der Waals surface area contributed by atoms with E-state index in [4.69, 9.17) is 5.73 Å². The van der Waals surface area contributed by atoms with Gasteiger partial charge in [0, 0.05) is 0 Å². The summed E-state index contributed by atoms with van der Waals surface area (Å²) in [6.07, 6.45) is 7.76. The molecule has 0 unspecified atom stereocenters. The minimum Gasteiger partial charge on any atom is -0.405 e. The Morgan fingerprint density at radius 2 is 1.75 bits per heavy atom. The minimum absolute atomic E-state index is 0.528. The third kappa shape index (κ3) is 4.78. The molecular formula is C11H19N. The molecule has 0 aromatic heterocycles. The molecule has 1 nitrogen and oxygen atoms in total. The largest absolute Gasteiger partial charge is 0.405 e. The summed E-state index contributed by atoms with van der Waals surface area (Å²) in [6.45, 7) is 8.48. The fraction of sp³-hybridized carbons (Fsp3) is 0.455. The molecule has 0 saturated carbocycles. The van der Waals surface area contributed by atoms with Crippen molar-refractivity contribution >= 4 is 0 Å². The molecule has 1 heteroatoms. The number of hydrogen-bond acceptors (Lipinski definition) is 1. The van der Waals surface area contributed by atoms with Crippen molar-refractivity contribution in [2.75, 3.05) is 0 Å². The van der Waals surface area contributed by atoms with Gasteiger partial charge in [-0.1, -0.05) is 31.6 Å². The summed E-state index contributed by atoms with van der Waals surface area (Å²) >= 11 is 0. The summed E-state index contributed by atoms with van der Waals surface area (Å²) in [7, 11) is 0. The molecule has 0 aliphatic rings. The number of hydrogen-bond donors (Lipinski definition) is 1. The summed E-state index contributed by atoms with van der Waals surface area (Å²) in [6, 6.07) is 0. The van der Waals surface area contributed by atoms with E-state index in [1.807, 2.05) is 6.08 Å². The zero-order valence-electron chi connectivity index (χ0n) is 8.46. The van der Waals surface area contributed by atoms with Gasteiger partial charge in [0.25, 0.3) is 0 Å². The van der Waals surface area contributed by atoms with Gasteiger partial charge in [-0.05, 0) is 37.6 Å². The van der Waals surface area contributed by atoms with E-state index in [9.17, 15) is 0 Å². The Labute approximate surface area is 75.7 Å². The maximum atomic E-state index is 5.33. The van der Waals surface area contributed by atoms with Crippen LogP contribution in [0.3, 0.4) is 0 Å². The molecule has 2 N–H and O–H groups in total. The highest BCUT2D eigenvalue weighted by atomic mass is 14.5. The molecule has 12 heavy (non-hydrogen) atoms. The topological polar surface area (TPSA) is 26.0 Å². The molecule has 0 rings (SSSR count). The Balaban J connectivity index is 4.50. The van der Waals surface area contributed by atoms with Gasteiger partial charge in [0.05, 0.1) is 0 Å². The van der Waals surface area contributed by atoms with Gasteiger partial charge in [0.1, 0.15) is 0 Å². The fourth-order valence-corrected chi connectivity index (χ4v) is 0.814. The van der Waals surface area contributed by atoms with Gasteiger partial charge < -0.3 is 5.73 Å². The minimum atomic E-state index is 0.528. The molecule has 0 saturated heterocycles. The summed E-state index contributed by atoms with van der Waals surface area (Å²) < 4.78 is 0. The monoisotopic (exact) mass is 165 g/mol. The summed E-state index contributed by atoms with van der Waals surface area (Å²) in [5.41, 5.74) is 7.90. The van der Waals surface area contributed by atoms with Gasteiger partial charge in [-0.25, -0.2) is 0 Å². The van der Waals surface area contributed by atoms with Crippen LogP contribution in [-0.2, 0) is 0 Å². The molecule has 0 amide bonds. The molecule has 0 heterocycles. The van der Waals surface area contributed by atoms with Crippen LogP contribution in [0.5, 0.6) is 0 Å². The first-order valence-corrected chi connectivity index (χ1v) is 4.31. The van der Waals surface area contributed by atoms with Gasteiger partial charge >= 0.3 is 0 Å². The molecule has 0 radical (unpaired) electrons. The fourth-order valence-electron chi connectivity index (χ4n) is 0.814. The smallest absolute Gasteiger partial charge is 0.00595 e. The summed E-state index contributed by atoms with van der Waals surface area (Å²) in [4.78, 5) is 0. The molecule has 0 aromatic rings. The van der Waals surface area contributed by atoms with E-state index in [0.717, 1.165) is 0 Å². The second-order valence-electron chi connectivity index (χ2n) is 3.42. The first kappa shape index (κ1) is 11.0. The highest BCUT2D eigenvalue weighted by Gasteiger charge is 1.96. The van der Waals surface area contributed by atoms with Crippen molar-refractivity contribution in [1.82, 2.24) is 0 Å². The second-order valence-corrected chi connectivity index (χ2v) is 3.42. The van der Waals surface area contributed by atoms with E-state index in [1.165, 1.54) is 11.1 Å². The normalized spacial score (nSPS) is 12.6. The maximum Gasteiger partial charge on any atom is -0.00595 e. The molecule has 68 valence electrons. The van der Waals surface area contributed by atoms with Crippen molar-refractivity contribution in [3.63, 3.8) is 0 Å². The molecule has 0 atom stereocenters. The Kier molecular flexibility index (Phi) is 5.18. The van der Waals surface area contributed by atoms with E-state index >= 15 is 0 Å². The van der Waals surface area contributed by atoms with E-state index < -0.39 is 0 Å². The predicted molar refractivity (Wildman–Crippen MR) is 55.7 cm³/mol. The van der Waals surface area contributed by atoms with Crippen LogP contribution < -0.4 is 5.73 Å². The SMILES string of the molecule is CC(C)=C/C=C(\C=C/N)C(C)C. The Bertz CT molecular complexity index is 203.